The molecule has 0 N–H and O–H groups in total. The SMILES string of the molecule is C/C=C/C(C)(c1ccc(C)cc1)c1ccc(C)cc1. The molecule has 2 aromatic rings. The van der Waals surface area contributed by atoms with E-state index in [1.54, 1.807) is 0 Å². The van der Waals surface area contributed by atoms with Crippen molar-refractivity contribution < 1.29 is 0 Å². The third kappa shape index (κ3) is 2.78. The first-order valence-electron chi connectivity index (χ1n) is 6.84. The van der Waals surface area contributed by atoms with Crippen LogP contribution in [0.3, 0.4) is 0 Å². The van der Waals surface area contributed by atoms with Gasteiger partial charge < -0.3 is 0 Å². The molecule has 0 heterocycles. The van der Waals surface area contributed by atoms with Crippen molar-refractivity contribution in [2.75, 3.05) is 0 Å². The zero-order valence-corrected chi connectivity index (χ0v) is 12.3. The molecule has 0 unspecified atom stereocenters. The molecule has 0 aliphatic heterocycles. The molecule has 0 fully saturated rings. The summed E-state index contributed by atoms with van der Waals surface area (Å²) in [6.45, 7) is 8.62. The van der Waals surface area contributed by atoms with Crippen molar-refractivity contribution in [3.8, 4) is 0 Å². The van der Waals surface area contributed by atoms with Crippen molar-refractivity contribution in [3.05, 3.63) is 82.9 Å². The van der Waals surface area contributed by atoms with Crippen LogP contribution in [-0.4, -0.2) is 0 Å². The lowest BCUT2D eigenvalue weighted by Crippen LogP contribution is -2.20. The zero-order valence-electron chi connectivity index (χ0n) is 12.3. The summed E-state index contributed by atoms with van der Waals surface area (Å²) in [5, 5.41) is 0. The molecule has 98 valence electrons. The highest BCUT2D eigenvalue weighted by Crippen LogP contribution is 2.33. The predicted molar refractivity (Wildman–Crippen MR) is 83.6 cm³/mol. The summed E-state index contributed by atoms with van der Waals surface area (Å²) in [7, 11) is 0. The van der Waals surface area contributed by atoms with Gasteiger partial charge >= 0.3 is 0 Å². The lowest BCUT2D eigenvalue weighted by molar-refractivity contribution is 0.722. The van der Waals surface area contributed by atoms with Crippen LogP contribution in [0.1, 0.15) is 36.1 Å². The van der Waals surface area contributed by atoms with Crippen LogP contribution >= 0.6 is 0 Å². The Morgan fingerprint density at radius 1 is 0.737 bits per heavy atom. The van der Waals surface area contributed by atoms with Crippen molar-refractivity contribution in [1.82, 2.24) is 0 Å². The second-order valence-electron chi connectivity index (χ2n) is 5.43. The Balaban J connectivity index is 2.54. The van der Waals surface area contributed by atoms with E-state index in [4.69, 9.17) is 0 Å². The van der Waals surface area contributed by atoms with Crippen LogP contribution in [-0.2, 0) is 5.41 Å². The minimum absolute atomic E-state index is 0.0594. The maximum absolute atomic E-state index is 2.28. The first-order valence-corrected chi connectivity index (χ1v) is 6.84. The average Bonchev–Trinajstić information content (AvgIpc) is 2.40. The van der Waals surface area contributed by atoms with Gasteiger partial charge in [-0.25, -0.2) is 0 Å². The molecule has 19 heavy (non-hydrogen) atoms. The van der Waals surface area contributed by atoms with E-state index in [-0.39, 0.29) is 5.41 Å². The summed E-state index contributed by atoms with van der Waals surface area (Å²) < 4.78 is 0. The van der Waals surface area contributed by atoms with Crippen molar-refractivity contribution in [2.45, 2.75) is 33.1 Å². The first kappa shape index (κ1) is 13.6. The maximum atomic E-state index is 2.28. The summed E-state index contributed by atoms with van der Waals surface area (Å²) >= 11 is 0. The maximum Gasteiger partial charge on any atom is 0.0353 e. The Labute approximate surface area is 116 Å². The Kier molecular flexibility index (Phi) is 3.90. The third-order valence-corrected chi connectivity index (χ3v) is 3.80. The van der Waals surface area contributed by atoms with Gasteiger partial charge in [0.05, 0.1) is 0 Å². The van der Waals surface area contributed by atoms with E-state index in [2.05, 4.69) is 88.4 Å². The van der Waals surface area contributed by atoms with Gasteiger partial charge in [-0.2, -0.15) is 0 Å². The molecule has 0 spiro atoms. The quantitative estimate of drug-likeness (QED) is 0.658. The number of rotatable bonds is 3. The summed E-state index contributed by atoms with van der Waals surface area (Å²) in [6, 6.07) is 17.7. The van der Waals surface area contributed by atoms with Gasteiger partial charge in [-0.05, 0) is 38.8 Å². The minimum Gasteiger partial charge on any atom is -0.0905 e. The van der Waals surface area contributed by atoms with E-state index in [0.29, 0.717) is 0 Å². The van der Waals surface area contributed by atoms with Gasteiger partial charge in [0.1, 0.15) is 0 Å². The van der Waals surface area contributed by atoms with E-state index < -0.39 is 0 Å². The van der Waals surface area contributed by atoms with Crippen LogP contribution in [0.4, 0.5) is 0 Å². The van der Waals surface area contributed by atoms with E-state index >= 15 is 0 Å². The van der Waals surface area contributed by atoms with Crippen LogP contribution in [0.5, 0.6) is 0 Å². The molecule has 0 aliphatic carbocycles. The highest BCUT2D eigenvalue weighted by Gasteiger charge is 2.25. The van der Waals surface area contributed by atoms with E-state index in [1.807, 2.05) is 0 Å². The van der Waals surface area contributed by atoms with Crippen LogP contribution in [0.25, 0.3) is 0 Å². The van der Waals surface area contributed by atoms with Crippen molar-refractivity contribution in [1.29, 1.82) is 0 Å². The average molecular weight is 250 g/mol. The van der Waals surface area contributed by atoms with Gasteiger partial charge in [-0.1, -0.05) is 71.8 Å². The number of aryl methyl sites for hydroxylation is 2. The van der Waals surface area contributed by atoms with Crippen molar-refractivity contribution >= 4 is 0 Å². The summed E-state index contributed by atoms with van der Waals surface area (Å²) in [6.07, 6.45) is 4.42. The number of benzene rings is 2. The van der Waals surface area contributed by atoms with Gasteiger partial charge in [0.25, 0.3) is 0 Å². The predicted octanol–water partition coefficient (Wildman–Crippen LogP) is 5.19. The molecule has 0 heteroatoms. The Bertz CT molecular complexity index is 510. The number of hydrogen-bond donors (Lipinski definition) is 0. The fourth-order valence-corrected chi connectivity index (χ4v) is 2.49. The smallest absolute Gasteiger partial charge is 0.0353 e. The molecule has 0 radical (unpaired) electrons. The molecule has 0 aliphatic rings. The second-order valence-corrected chi connectivity index (χ2v) is 5.43. The number of hydrogen-bond acceptors (Lipinski definition) is 0. The van der Waals surface area contributed by atoms with Crippen LogP contribution < -0.4 is 0 Å². The minimum atomic E-state index is -0.0594. The lowest BCUT2D eigenvalue weighted by atomic mass is 9.75. The fourth-order valence-electron chi connectivity index (χ4n) is 2.49. The highest BCUT2D eigenvalue weighted by atomic mass is 14.3. The molecule has 2 rings (SSSR count). The molecule has 0 bridgehead atoms. The fraction of sp³-hybridized carbons (Fsp3) is 0.263. The molecule has 2 aromatic carbocycles. The van der Waals surface area contributed by atoms with Gasteiger partial charge in [0, 0.05) is 5.41 Å². The monoisotopic (exact) mass is 250 g/mol. The summed E-state index contributed by atoms with van der Waals surface area (Å²) in [5.74, 6) is 0. The van der Waals surface area contributed by atoms with Crippen LogP contribution in [0, 0.1) is 13.8 Å². The molecule has 0 saturated carbocycles. The highest BCUT2D eigenvalue weighted by molar-refractivity contribution is 5.44. The third-order valence-electron chi connectivity index (χ3n) is 3.80. The van der Waals surface area contributed by atoms with E-state index in [0.717, 1.165) is 0 Å². The van der Waals surface area contributed by atoms with E-state index in [1.165, 1.54) is 22.3 Å². The number of allylic oxidation sites excluding steroid dienone is 2. The second kappa shape index (κ2) is 5.44. The molecule has 0 nitrogen and oxygen atoms in total. The lowest BCUT2D eigenvalue weighted by Gasteiger charge is -2.28. The van der Waals surface area contributed by atoms with Gasteiger partial charge in [0.2, 0.25) is 0 Å². The van der Waals surface area contributed by atoms with Crippen molar-refractivity contribution in [2.24, 2.45) is 0 Å². The van der Waals surface area contributed by atoms with E-state index in [9.17, 15) is 0 Å². The Hall–Kier alpha value is -1.82. The molecular weight excluding hydrogens is 228 g/mol. The first-order chi connectivity index (χ1) is 9.06. The standard InChI is InChI=1S/C19H22/c1-5-14-19(4,17-10-6-15(2)7-11-17)18-12-8-16(3)9-13-18/h5-14H,1-4H3/b14-5+. The Morgan fingerprint density at radius 3 is 1.42 bits per heavy atom. The summed E-state index contributed by atoms with van der Waals surface area (Å²) in [4.78, 5) is 0. The zero-order chi connectivity index (χ0) is 13.9. The van der Waals surface area contributed by atoms with Crippen molar-refractivity contribution in [3.63, 3.8) is 0 Å². The molecular formula is C19H22. The summed E-state index contributed by atoms with van der Waals surface area (Å²) in [5.41, 5.74) is 5.21. The largest absolute Gasteiger partial charge is 0.0905 e. The molecule has 0 saturated heterocycles. The van der Waals surface area contributed by atoms with Crippen LogP contribution in [0.2, 0.25) is 0 Å². The Morgan fingerprint density at radius 2 is 1.11 bits per heavy atom. The molecule has 0 atom stereocenters. The molecule has 0 aromatic heterocycles. The normalized spacial score (nSPS) is 12.0. The van der Waals surface area contributed by atoms with Crippen LogP contribution in [0.15, 0.2) is 60.7 Å². The van der Waals surface area contributed by atoms with Gasteiger partial charge in [0.15, 0.2) is 0 Å². The van der Waals surface area contributed by atoms with Gasteiger partial charge in [-0.3, -0.25) is 0 Å². The molecule has 0 amide bonds. The topological polar surface area (TPSA) is 0 Å². The van der Waals surface area contributed by atoms with Gasteiger partial charge in [-0.15, -0.1) is 0 Å².